The predicted octanol–water partition coefficient (Wildman–Crippen LogP) is 3.01. The third kappa shape index (κ3) is 6.95. The number of benzene rings is 1. The zero-order valence-corrected chi connectivity index (χ0v) is 20.3. The van der Waals surface area contributed by atoms with Crippen LogP contribution in [0.2, 0.25) is 0 Å². The molecule has 0 atom stereocenters. The van der Waals surface area contributed by atoms with E-state index in [1.807, 2.05) is 24.1 Å². The Morgan fingerprint density at radius 2 is 2.03 bits per heavy atom. The maximum absolute atomic E-state index is 12.6. The second-order valence-corrected chi connectivity index (χ2v) is 7.98. The van der Waals surface area contributed by atoms with Crippen LogP contribution >= 0.6 is 35.3 Å². The van der Waals surface area contributed by atoms with Gasteiger partial charge in [0.2, 0.25) is 5.91 Å². The van der Waals surface area contributed by atoms with Crippen LogP contribution in [0.25, 0.3) is 0 Å². The molecule has 1 aromatic heterocycles. The van der Waals surface area contributed by atoms with Crippen molar-refractivity contribution in [3.8, 4) is 0 Å². The van der Waals surface area contributed by atoms with Gasteiger partial charge in [-0.1, -0.05) is 31.2 Å². The number of nitrogens with zero attached hydrogens (tertiary/aromatic N) is 3. The van der Waals surface area contributed by atoms with Gasteiger partial charge in [-0.2, -0.15) is 0 Å². The molecule has 8 heteroatoms. The van der Waals surface area contributed by atoms with E-state index in [2.05, 4.69) is 45.7 Å². The number of guanidine groups is 1. The topological polar surface area (TPSA) is 69.6 Å². The molecule has 0 spiro atoms. The molecule has 29 heavy (non-hydrogen) atoms. The van der Waals surface area contributed by atoms with E-state index in [4.69, 9.17) is 0 Å². The molecule has 1 aliphatic heterocycles. The van der Waals surface area contributed by atoms with E-state index < -0.39 is 0 Å². The summed E-state index contributed by atoms with van der Waals surface area (Å²) in [6.45, 7) is 7.27. The van der Waals surface area contributed by atoms with Crippen LogP contribution in [0.15, 0.2) is 35.5 Å². The molecular formula is C21H30IN5OS. The summed E-state index contributed by atoms with van der Waals surface area (Å²) in [6.07, 6.45) is 4.75. The molecule has 1 aromatic carbocycles. The predicted molar refractivity (Wildman–Crippen MR) is 130 cm³/mol. The number of fused-ring (bicyclic) bond motifs is 1. The van der Waals surface area contributed by atoms with Gasteiger partial charge in [0.05, 0.1) is 5.01 Å². The molecule has 158 valence electrons. The summed E-state index contributed by atoms with van der Waals surface area (Å²) >= 11 is 1.76. The molecule has 0 bridgehead atoms. The number of amides is 1. The van der Waals surface area contributed by atoms with Gasteiger partial charge in [-0.3, -0.25) is 4.79 Å². The highest BCUT2D eigenvalue weighted by Gasteiger charge is 2.19. The maximum Gasteiger partial charge on any atom is 0.244 e. The van der Waals surface area contributed by atoms with Crippen molar-refractivity contribution in [1.29, 1.82) is 0 Å². The third-order valence-electron chi connectivity index (χ3n) is 4.78. The van der Waals surface area contributed by atoms with Crippen LogP contribution in [0.3, 0.4) is 0 Å². The Morgan fingerprint density at radius 1 is 1.24 bits per heavy atom. The van der Waals surface area contributed by atoms with E-state index in [0.29, 0.717) is 12.5 Å². The number of hydrogen-bond acceptors (Lipinski definition) is 4. The second-order valence-electron chi connectivity index (χ2n) is 6.78. The fraction of sp³-hybridized carbons (Fsp3) is 0.476. The summed E-state index contributed by atoms with van der Waals surface area (Å²) < 4.78 is 0. The van der Waals surface area contributed by atoms with Crippen LogP contribution in [0.1, 0.15) is 34.9 Å². The molecule has 2 heterocycles. The summed E-state index contributed by atoms with van der Waals surface area (Å²) in [5.41, 5.74) is 2.59. The van der Waals surface area contributed by atoms with E-state index in [0.717, 1.165) is 43.9 Å². The van der Waals surface area contributed by atoms with Gasteiger partial charge in [0.25, 0.3) is 0 Å². The molecule has 0 radical (unpaired) electrons. The summed E-state index contributed by atoms with van der Waals surface area (Å²) in [5, 5.41) is 7.64. The average Bonchev–Trinajstić information content (AvgIpc) is 3.19. The van der Waals surface area contributed by atoms with Crippen molar-refractivity contribution < 1.29 is 4.79 Å². The fourth-order valence-corrected chi connectivity index (χ4v) is 4.07. The van der Waals surface area contributed by atoms with E-state index >= 15 is 0 Å². The Morgan fingerprint density at radius 3 is 2.76 bits per heavy atom. The van der Waals surface area contributed by atoms with Crippen molar-refractivity contribution in [2.45, 2.75) is 39.7 Å². The number of aliphatic imine (C=N–C) groups is 1. The van der Waals surface area contributed by atoms with Gasteiger partial charge in [0.15, 0.2) is 5.96 Å². The van der Waals surface area contributed by atoms with E-state index in [-0.39, 0.29) is 36.4 Å². The molecule has 2 aromatic rings. The normalized spacial score (nSPS) is 13.4. The van der Waals surface area contributed by atoms with Gasteiger partial charge in [-0.25, -0.2) is 9.98 Å². The number of carbonyl (C=O) groups excluding carboxylic acids is 1. The largest absolute Gasteiger partial charge is 0.357 e. The van der Waals surface area contributed by atoms with E-state index in [1.54, 1.807) is 11.3 Å². The molecule has 0 saturated carbocycles. The Hall–Kier alpha value is -1.68. The minimum atomic E-state index is 0. The minimum absolute atomic E-state index is 0. The number of nitrogens with one attached hydrogen (secondary N) is 2. The molecule has 0 aliphatic carbocycles. The lowest BCUT2D eigenvalue weighted by molar-refractivity contribution is -0.130. The molecule has 3 rings (SSSR count). The maximum atomic E-state index is 12.6. The van der Waals surface area contributed by atoms with Gasteiger partial charge >= 0.3 is 0 Å². The van der Waals surface area contributed by atoms with Gasteiger partial charge < -0.3 is 15.5 Å². The first kappa shape index (κ1) is 23.6. The first-order valence-electron chi connectivity index (χ1n) is 10.00. The minimum Gasteiger partial charge on any atom is -0.357 e. The zero-order valence-electron chi connectivity index (χ0n) is 17.1. The van der Waals surface area contributed by atoms with Gasteiger partial charge in [-0.05, 0) is 30.9 Å². The Bertz CT molecular complexity index is 823. The Labute approximate surface area is 194 Å². The molecule has 1 amide bonds. The quantitative estimate of drug-likeness (QED) is 0.330. The lowest BCUT2D eigenvalue weighted by Gasteiger charge is -2.28. The van der Waals surface area contributed by atoms with Crippen LogP contribution in [-0.4, -0.2) is 47.9 Å². The van der Waals surface area contributed by atoms with Crippen molar-refractivity contribution in [3.05, 3.63) is 51.5 Å². The highest BCUT2D eigenvalue weighted by Crippen LogP contribution is 2.18. The van der Waals surface area contributed by atoms with Crippen LogP contribution in [0.5, 0.6) is 0 Å². The number of thiazole rings is 1. The van der Waals surface area contributed by atoms with Gasteiger partial charge in [0, 0.05) is 43.7 Å². The highest BCUT2D eigenvalue weighted by molar-refractivity contribution is 14.0. The number of aromatic nitrogens is 1. The van der Waals surface area contributed by atoms with E-state index in [9.17, 15) is 4.79 Å². The molecule has 1 aliphatic rings. The lowest BCUT2D eigenvalue weighted by atomic mass is 10.00. The molecule has 0 saturated heterocycles. The average molecular weight is 527 g/mol. The molecule has 0 unspecified atom stereocenters. The first-order chi connectivity index (χ1) is 13.7. The highest BCUT2D eigenvalue weighted by atomic mass is 127. The third-order valence-corrected chi connectivity index (χ3v) is 5.98. The van der Waals surface area contributed by atoms with Crippen molar-refractivity contribution >= 4 is 47.2 Å². The number of halogens is 1. The van der Waals surface area contributed by atoms with Crippen LogP contribution < -0.4 is 10.6 Å². The number of hydrogen-bond donors (Lipinski definition) is 2. The fourth-order valence-electron chi connectivity index (χ4n) is 3.21. The monoisotopic (exact) mass is 527 g/mol. The first-order valence-corrected chi connectivity index (χ1v) is 10.8. The lowest BCUT2D eigenvalue weighted by Crippen LogP contribution is -2.41. The van der Waals surface area contributed by atoms with Crippen molar-refractivity contribution in [1.82, 2.24) is 20.5 Å². The zero-order chi connectivity index (χ0) is 19.8. The Kier molecular flexibility index (Phi) is 9.86. The molecule has 0 fully saturated rings. The number of aryl methyl sites for hydroxylation is 1. The molecular weight excluding hydrogens is 497 g/mol. The summed E-state index contributed by atoms with van der Waals surface area (Å²) in [7, 11) is 0. The summed E-state index contributed by atoms with van der Waals surface area (Å²) in [6, 6.07) is 8.34. The van der Waals surface area contributed by atoms with Crippen molar-refractivity contribution in [3.63, 3.8) is 0 Å². The number of rotatable bonds is 7. The molecule has 6 nitrogen and oxygen atoms in total. The van der Waals surface area contributed by atoms with E-state index in [1.165, 1.54) is 16.0 Å². The van der Waals surface area contributed by atoms with Crippen molar-refractivity contribution in [2.75, 3.05) is 26.2 Å². The standard InChI is InChI=1S/C21H29N5OS.HI/c1-3-18-13-24-19(28-18)9-11-23-21(22-4-2)25-14-20(27)26-12-10-16-7-5-6-8-17(16)15-26;/h5-8,13H,3-4,9-12,14-15H2,1-2H3,(H2,22,23,25);1H. The van der Waals surface area contributed by atoms with Crippen molar-refractivity contribution in [2.24, 2.45) is 4.99 Å². The summed E-state index contributed by atoms with van der Waals surface area (Å²) in [4.78, 5) is 24.7. The van der Waals surface area contributed by atoms with Crippen LogP contribution in [0.4, 0.5) is 0 Å². The smallest absolute Gasteiger partial charge is 0.244 e. The second kappa shape index (κ2) is 12.1. The van der Waals surface area contributed by atoms with Crippen LogP contribution in [-0.2, 0) is 30.6 Å². The van der Waals surface area contributed by atoms with Gasteiger partial charge in [0.1, 0.15) is 6.54 Å². The van der Waals surface area contributed by atoms with Crippen LogP contribution in [0, 0.1) is 0 Å². The molecule has 2 N–H and O–H groups in total. The van der Waals surface area contributed by atoms with Gasteiger partial charge in [-0.15, -0.1) is 35.3 Å². The summed E-state index contributed by atoms with van der Waals surface area (Å²) in [5.74, 6) is 0.750. The Balaban J connectivity index is 0.00000300. The number of carbonyl (C=O) groups is 1. The SMILES string of the molecule is CCNC(=NCC(=O)N1CCc2ccccc2C1)NCCc1ncc(CC)s1.I.